The smallest absolute Gasteiger partial charge is 0.408 e. The van der Waals surface area contributed by atoms with Gasteiger partial charge in [0.1, 0.15) is 5.60 Å². The summed E-state index contributed by atoms with van der Waals surface area (Å²) in [5.41, 5.74) is -0.837. The maximum Gasteiger partial charge on any atom is 0.408 e. The Morgan fingerprint density at radius 1 is 1.19 bits per heavy atom. The molecule has 2 bridgehead atoms. The number of carbonyl (C=O) groups excluding carboxylic acids is 1. The van der Waals surface area contributed by atoms with Crippen molar-refractivity contribution in [3.8, 4) is 0 Å². The highest BCUT2D eigenvalue weighted by Crippen LogP contribution is 2.47. The van der Waals surface area contributed by atoms with Crippen LogP contribution in [-0.4, -0.2) is 65.1 Å². The number of aliphatic carboxylic acids is 1. The molecule has 0 aromatic rings. The van der Waals surface area contributed by atoms with E-state index in [4.69, 9.17) is 14.6 Å². The summed E-state index contributed by atoms with van der Waals surface area (Å²) in [7, 11) is 0. The third-order valence-electron chi connectivity index (χ3n) is 6.27. The number of fused-ring (bicyclic) bond motifs is 3. The maximum absolute atomic E-state index is 12.2. The number of nitrogens with zero attached hydrogens (tertiary/aromatic N) is 1. The second-order valence-corrected chi connectivity index (χ2v) is 9.70. The fraction of sp³-hybridized carbons (Fsp3) is 0.900. The largest absolute Gasteiger partial charge is 0.480 e. The Bertz CT molecular complexity index is 539. The summed E-state index contributed by atoms with van der Waals surface area (Å²) >= 11 is 0. The molecule has 4 fully saturated rings. The zero-order valence-electron chi connectivity index (χ0n) is 16.9. The molecule has 3 aliphatic heterocycles. The molecular weight excluding hydrogens is 348 g/mol. The van der Waals surface area contributed by atoms with Gasteiger partial charge in [0, 0.05) is 0 Å². The lowest BCUT2D eigenvalue weighted by Gasteiger charge is -2.54. The number of carboxylic acids is 1. The van der Waals surface area contributed by atoms with Crippen LogP contribution in [0.3, 0.4) is 0 Å². The highest BCUT2D eigenvalue weighted by atomic mass is 16.6. The van der Waals surface area contributed by atoms with Crippen molar-refractivity contribution in [2.24, 2.45) is 5.92 Å². The lowest BCUT2D eigenvalue weighted by molar-refractivity contribution is -0.171. The Kier molecular flexibility index (Phi) is 5.73. The molecule has 2 N–H and O–H groups in total. The van der Waals surface area contributed by atoms with Crippen molar-refractivity contribution in [2.75, 3.05) is 26.2 Å². The fourth-order valence-electron chi connectivity index (χ4n) is 4.77. The minimum absolute atomic E-state index is 0.0585. The van der Waals surface area contributed by atoms with Gasteiger partial charge in [-0.25, -0.2) is 4.79 Å². The Labute approximate surface area is 161 Å². The molecular formula is C20H34N2O5. The van der Waals surface area contributed by atoms with E-state index in [2.05, 4.69) is 5.32 Å². The molecule has 0 aromatic carbocycles. The molecule has 154 valence electrons. The van der Waals surface area contributed by atoms with Crippen molar-refractivity contribution in [3.05, 3.63) is 0 Å². The number of hydrogen-bond donors (Lipinski definition) is 2. The molecule has 0 spiro atoms. The lowest BCUT2D eigenvalue weighted by atomic mass is 9.67. The van der Waals surface area contributed by atoms with Gasteiger partial charge in [-0.3, -0.25) is 9.69 Å². The predicted molar refractivity (Wildman–Crippen MR) is 101 cm³/mol. The summed E-state index contributed by atoms with van der Waals surface area (Å²) in [4.78, 5) is 25.1. The van der Waals surface area contributed by atoms with E-state index in [1.54, 1.807) is 0 Å². The third kappa shape index (κ3) is 5.35. The average Bonchev–Trinajstić information content (AvgIpc) is 2.56. The van der Waals surface area contributed by atoms with Crippen molar-refractivity contribution >= 4 is 12.1 Å². The molecule has 1 aliphatic carbocycles. The van der Waals surface area contributed by atoms with Gasteiger partial charge in [0.05, 0.1) is 24.3 Å². The number of rotatable bonds is 5. The van der Waals surface area contributed by atoms with E-state index in [1.807, 2.05) is 25.7 Å². The van der Waals surface area contributed by atoms with E-state index in [0.717, 1.165) is 58.0 Å². The summed E-state index contributed by atoms with van der Waals surface area (Å²) in [6.07, 6.45) is 6.59. The molecule has 3 saturated heterocycles. The van der Waals surface area contributed by atoms with E-state index in [9.17, 15) is 9.59 Å². The monoisotopic (exact) mass is 382 g/mol. The van der Waals surface area contributed by atoms with Crippen LogP contribution in [0, 0.1) is 5.92 Å². The van der Waals surface area contributed by atoms with Crippen LogP contribution in [0.2, 0.25) is 0 Å². The minimum Gasteiger partial charge on any atom is -0.480 e. The second-order valence-electron chi connectivity index (χ2n) is 9.70. The number of carboxylic acid groups (broad SMARTS) is 1. The highest BCUT2D eigenvalue weighted by molar-refractivity contribution is 5.69. The van der Waals surface area contributed by atoms with E-state index in [1.165, 1.54) is 0 Å². The molecule has 1 amide bonds. The number of likely N-dealkylation sites (tertiary alicyclic amines) is 1. The summed E-state index contributed by atoms with van der Waals surface area (Å²) in [5, 5.41) is 12.0. The van der Waals surface area contributed by atoms with Crippen molar-refractivity contribution in [1.29, 1.82) is 0 Å². The molecule has 3 heterocycles. The molecule has 0 unspecified atom stereocenters. The molecule has 4 aliphatic rings. The molecule has 0 aromatic heterocycles. The third-order valence-corrected chi connectivity index (χ3v) is 6.27. The van der Waals surface area contributed by atoms with Crippen LogP contribution in [-0.2, 0) is 14.3 Å². The van der Waals surface area contributed by atoms with E-state index in [0.29, 0.717) is 12.5 Å². The molecule has 1 saturated carbocycles. The Balaban J connectivity index is 1.47. The summed E-state index contributed by atoms with van der Waals surface area (Å²) in [5.74, 6) is -0.150. The van der Waals surface area contributed by atoms with Crippen LogP contribution < -0.4 is 5.32 Å². The van der Waals surface area contributed by atoms with Gasteiger partial charge in [-0.05, 0) is 84.7 Å². The quantitative estimate of drug-likeness (QED) is 0.760. The predicted octanol–water partition coefficient (Wildman–Crippen LogP) is 2.78. The SMILES string of the molecule is CC(C)(C)OC(=O)NC12CCC(CC3CCN(CC(=O)O)CC3)(CC1)OC2. The van der Waals surface area contributed by atoms with Crippen LogP contribution >= 0.6 is 0 Å². The molecule has 27 heavy (non-hydrogen) atoms. The van der Waals surface area contributed by atoms with Crippen LogP contribution in [0.1, 0.15) is 65.7 Å². The first kappa shape index (κ1) is 20.4. The summed E-state index contributed by atoms with van der Waals surface area (Å²) in [6.45, 7) is 8.03. The molecule has 0 radical (unpaired) electrons. The molecule has 7 nitrogen and oxygen atoms in total. The normalized spacial score (nSPS) is 32.3. The van der Waals surface area contributed by atoms with Gasteiger partial charge in [0.25, 0.3) is 0 Å². The van der Waals surface area contributed by atoms with Gasteiger partial charge in [0.2, 0.25) is 0 Å². The number of piperidine rings is 1. The van der Waals surface area contributed by atoms with Gasteiger partial charge < -0.3 is 19.9 Å². The first-order valence-corrected chi connectivity index (χ1v) is 10.2. The van der Waals surface area contributed by atoms with Crippen LogP contribution in [0.5, 0.6) is 0 Å². The van der Waals surface area contributed by atoms with Gasteiger partial charge >= 0.3 is 12.1 Å². The highest BCUT2D eigenvalue weighted by Gasteiger charge is 2.51. The number of amides is 1. The molecule has 7 heteroatoms. The van der Waals surface area contributed by atoms with Crippen LogP contribution in [0.15, 0.2) is 0 Å². The zero-order chi connectivity index (χ0) is 19.7. The lowest BCUT2D eigenvalue weighted by Crippen LogP contribution is -2.63. The zero-order valence-corrected chi connectivity index (χ0v) is 16.9. The van der Waals surface area contributed by atoms with E-state index in [-0.39, 0.29) is 23.8 Å². The number of ether oxygens (including phenoxy) is 2. The number of alkyl carbamates (subject to hydrolysis) is 1. The van der Waals surface area contributed by atoms with Crippen molar-refractivity contribution in [1.82, 2.24) is 10.2 Å². The summed E-state index contributed by atoms with van der Waals surface area (Å²) in [6, 6.07) is 0. The van der Waals surface area contributed by atoms with Crippen LogP contribution in [0.4, 0.5) is 4.79 Å². The first-order chi connectivity index (χ1) is 12.6. The Hall–Kier alpha value is -1.34. The van der Waals surface area contributed by atoms with Crippen molar-refractivity contribution in [2.45, 2.75) is 82.5 Å². The van der Waals surface area contributed by atoms with Crippen molar-refractivity contribution in [3.63, 3.8) is 0 Å². The average molecular weight is 383 g/mol. The van der Waals surface area contributed by atoms with Crippen molar-refractivity contribution < 1.29 is 24.2 Å². The summed E-state index contributed by atoms with van der Waals surface area (Å²) < 4.78 is 11.7. The minimum atomic E-state index is -0.747. The maximum atomic E-state index is 12.2. The van der Waals surface area contributed by atoms with Gasteiger partial charge in [0.15, 0.2) is 0 Å². The van der Waals surface area contributed by atoms with Gasteiger partial charge in [-0.2, -0.15) is 0 Å². The van der Waals surface area contributed by atoms with E-state index < -0.39 is 11.6 Å². The van der Waals surface area contributed by atoms with Gasteiger partial charge in [-0.1, -0.05) is 0 Å². The Morgan fingerprint density at radius 2 is 1.81 bits per heavy atom. The first-order valence-electron chi connectivity index (χ1n) is 10.2. The number of carbonyl (C=O) groups is 2. The number of hydrogen-bond acceptors (Lipinski definition) is 5. The molecule has 0 atom stereocenters. The van der Waals surface area contributed by atoms with E-state index >= 15 is 0 Å². The van der Waals surface area contributed by atoms with Crippen LogP contribution in [0.25, 0.3) is 0 Å². The van der Waals surface area contributed by atoms with Gasteiger partial charge in [-0.15, -0.1) is 0 Å². The fourth-order valence-corrected chi connectivity index (χ4v) is 4.77. The Morgan fingerprint density at radius 3 is 2.30 bits per heavy atom. The topological polar surface area (TPSA) is 88.1 Å². The standard InChI is InChI=1S/C20H34N2O5/c1-18(2,3)27-17(25)21-19-6-8-20(9-7-19,26-14-19)12-15-4-10-22(11-5-15)13-16(23)24/h15H,4-14H2,1-3H3,(H,21,25)(H,23,24). The number of nitrogens with one attached hydrogen (secondary N) is 1. The molecule has 4 rings (SSSR count). The second kappa shape index (κ2) is 7.59.